The molecule has 20 heavy (non-hydrogen) atoms. The fourth-order valence-electron chi connectivity index (χ4n) is 2.57. The third kappa shape index (κ3) is 2.30. The van der Waals surface area contributed by atoms with Crippen LogP contribution in [0.1, 0.15) is 5.56 Å². The molecular formula is C18H16FN. The Labute approximate surface area is 118 Å². The maximum atomic E-state index is 13.9. The van der Waals surface area contributed by atoms with Gasteiger partial charge >= 0.3 is 0 Å². The van der Waals surface area contributed by atoms with Crippen molar-refractivity contribution >= 4 is 10.8 Å². The second-order valence-corrected chi connectivity index (χ2v) is 4.87. The molecular weight excluding hydrogens is 249 g/mol. The second-order valence-electron chi connectivity index (χ2n) is 4.87. The topological polar surface area (TPSA) is 12.0 Å². The zero-order valence-electron chi connectivity index (χ0n) is 11.4. The van der Waals surface area contributed by atoms with Gasteiger partial charge in [0, 0.05) is 11.9 Å². The van der Waals surface area contributed by atoms with Crippen molar-refractivity contribution in [1.82, 2.24) is 5.32 Å². The zero-order valence-corrected chi connectivity index (χ0v) is 11.4. The second kappa shape index (κ2) is 5.43. The molecule has 0 bridgehead atoms. The molecule has 0 aliphatic heterocycles. The summed E-state index contributed by atoms with van der Waals surface area (Å²) in [6.45, 7) is 0.826. The Morgan fingerprint density at radius 3 is 2.50 bits per heavy atom. The molecule has 3 aromatic carbocycles. The SMILES string of the molecule is CNCc1cccc(-c2ccc(F)c3ccccc23)c1. The standard InChI is InChI=1S/C18H16FN/c1-20-12-13-5-4-6-14(11-13)15-9-10-18(19)17-8-3-2-7-16(15)17/h2-11,20H,12H2,1H3. The number of benzene rings is 3. The number of halogens is 1. The van der Waals surface area contributed by atoms with E-state index in [0.717, 1.165) is 23.1 Å². The minimum atomic E-state index is -0.171. The minimum Gasteiger partial charge on any atom is -0.316 e. The molecule has 2 heteroatoms. The number of nitrogens with one attached hydrogen (secondary N) is 1. The molecule has 0 unspecified atom stereocenters. The van der Waals surface area contributed by atoms with Gasteiger partial charge in [-0.15, -0.1) is 0 Å². The highest BCUT2D eigenvalue weighted by Crippen LogP contribution is 2.30. The lowest BCUT2D eigenvalue weighted by molar-refractivity contribution is 0.640. The molecule has 3 rings (SSSR count). The minimum absolute atomic E-state index is 0.171. The summed E-state index contributed by atoms with van der Waals surface area (Å²) in [6.07, 6.45) is 0. The van der Waals surface area contributed by atoms with Gasteiger partial charge < -0.3 is 5.32 Å². The van der Waals surface area contributed by atoms with Gasteiger partial charge in [-0.1, -0.05) is 48.5 Å². The quantitative estimate of drug-likeness (QED) is 0.741. The van der Waals surface area contributed by atoms with Gasteiger partial charge in [-0.3, -0.25) is 0 Å². The maximum Gasteiger partial charge on any atom is 0.131 e. The fraction of sp³-hybridized carbons (Fsp3) is 0.111. The van der Waals surface area contributed by atoms with Crippen LogP contribution in [0.2, 0.25) is 0 Å². The first kappa shape index (κ1) is 12.8. The Hall–Kier alpha value is -2.19. The van der Waals surface area contributed by atoms with E-state index in [2.05, 4.69) is 23.5 Å². The lowest BCUT2D eigenvalue weighted by Gasteiger charge is -2.09. The van der Waals surface area contributed by atoms with Crippen LogP contribution in [0.4, 0.5) is 4.39 Å². The Morgan fingerprint density at radius 2 is 1.70 bits per heavy atom. The van der Waals surface area contributed by atoms with Crippen LogP contribution in [0, 0.1) is 5.82 Å². The first-order valence-electron chi connectivity index (χ1n) is 6.71. The molecule has 0 spiro atoms. The molecule has 0 saturated carbocycles. The highest BCUT2D eigenvalue weighted by molar-refractivity contribution is 5.97. The molecule has 0 saturated heterocycles. The Morgan fingerprint density at radius 1 is 0.900 bits per heavy atom. The van der Waals surface area contributed by atoms with Crippen LogP contribution in [-0.4, -0.2) is 7.05 Å². The van der Waals surface area contributed by atoms with Crippen LogP contribution in [-0.2, 0) is 6.54 Å². The van der Waals surface area contributed by atoms with E-state index in [4.69, 9.17) is 0 Å². The van der Waals surface area contributed by atoms with Gasteiger partial charge in [-0.2, -0.15) is 0 Å². The van der Waals surface area contributed by atoms with E-state index in [-0.39, 0.29) is 5.82 Å². The molecule has 0 atom stereocenters. The van der Waals surface area contributed by atoms with Crippen molar-refractivity contribution in [3.63, 3.8) is 0 Å². The molecule has 0 aliphatic carbocycles. The van der Waals surface area contributed by atoms with Crippen molar-refractivity contribution in [3.05, 3.63) is 72.0 Å². The average molecular weight is 265 g/mol. The van der Waals surface area contributed by atoms with E-state index < -0.39 is 0 Å². The van der Waals surface area contributed by atoms with E-state index in [1.807, 2.05) is 43.4 Å². The van der Waals surface area contributed by atoms with Gasteiger partial charge in [0.1, 0.15) is 5.82 Å². The lowest BCUT2D eigenvalue weighted by atomic mass is 9.97. The van der Waals surface area contributed by atoms with Gasteiger partial charge in [0.25, 0.3) is 0 Å². The molecule has 0 heterocycles. The fourth-order valence-corrected chi connectivity index (χ4v) is 2.57. The van der Waals surface area contributed by atoms with Crippen LogP contribution in [0.15, 0.2) is 60.7 Å². The summed E-state index contributed by atoms with van der Waals surface area (Å²) >= 11 is 0. The van der Waals surface area contributed by atoms with E-state index in [1.54, 1.807) is 6.07 Å². The molecule has 1 N–H and O–H groups in total. The lowest BCUT2D eigenvalue weighted by Crippen LogP contribution is -2.04. The van der Waals surface area contributed by atoms with E-state index in [9.17, 15) is 4.39 Å². The first-order chi connectivity index (χ1) is 9.79. The van der Waals surface area contributed by atoms with Crippen LogP contribution in [0.3, 0.4) is 0 Å². The summed E-state index contributed by atoms with van der Waals surface area (Å²) < 4.78 is 13.9. The predicted octanol–water partition coefficient (Wildman–Crippen LogP) is 4.37. The summed E-state index contributed by atoms with van der Waals surface area (Å²) in [5, 5.41) is 4.77. The smallest absolute Gasteiger partial charge is 0.131 e. The van der Waals surface area contributed by atoms with E-state index in [1.165, 1.54) is 5.56 Å². The van der Waals surface area contributed by atoms with Crippen LogP contribution in [0.25, 0.3) is 21.9 Å². The molecule has 0 aliphatic rings. The highest BCUT2D eigenvalue weighted by atomic mass is 19.1. The molecule has 0 amide bonds. The van der Waals surface area contributed by atoms with Crippen molar-refractivity contribution in [2.45, 2.75) is 6.54 Å². The van der Waals surface area contributed by atoms with Crippen LogP contribution >= 0.6 is 0 Å². The van der Waals surface area contributed by atoms with E-state index in [0.29, 0.717) is 5.39 Å². The predicted molar refractivity (Wildman–Crippen MR) is 82.1 cm³/mol. The van der Waals surface area contributed by atoms with Crippen molar-refractivity contribution in [1.29, 1.82) is 0 Å². The third-order valence-electron chi connectivity index (χ3n) is 3.49. The summed E-state index contributed by atoms with van der Waals surface area (Å²) in [5.41, 5.74) is 3.41. The van der Waals surface area contributed by atoms with Crippen molar-refractivity contribution in [2.24, 2.45) is 0 Å². The van der Waals surface area contributed by atoms with E-state index >= 15 is 0 Å². The van der Waals surface area contributed by atoms with Gasteiger partial charge in [0.05, 0.1) is 0 Å². The Balaban J connectivity index is 2.19. The van der Waals surface area contributed by atoms with Gasteiger partial charge in [0.15, 0.2) is 0 Å². The molecule has 1 nitrogen and oxygen atoms in total. The molecule has 0 fully saturated rings. The number of hydrogen-bond acceptors (Lipinski definition) is 1. The Kier molecular flexibility index (Phi) is 3.48. The highest BCUT2D eigenvalue weighted by Gasteiger charge is 2.07. The van der Waals surface area contributed by atoms with Crippen LogP contribution < -0.4 is 5.32 Å². The molecule has 3 aromatic rings. The van der Waals surface area contributed by atoms with Gasteiger partial charge in [-0.25, -0.2) is 4.39 Å². The van der Waals surface area contributed by atoms with Crippen molar-refractivity contribution in [2.75, 3.05) is 7.05 Å². The van der Waals surface area contributed by atoms with Crippen molar-refractivity contribution < 1.29 is 4.39 Å². The summed E-state index contributed by atoms with van der Waals surface area (Å²) in [4.78, 5) is 0. The number of fused-ring (bicyclic) bond motifs is 1. The van der Waals surface area contributed by atoms with Gasteiger partial charge in [-0.05, 0) is 41.3 Å². The summed E-state index contributed by atoms with van der Waals surface area (Å²) in [6, 6.07) is 19.4. The summed E-state index contributed by atoms with van der Waals surface area (Å²) in [5.74, 6) is -0.171. The third-order valence-corrected chi connectivity index (χ3v) is 3.49. The zero-order chi connectivity index (χ0) is 13.9. The monoisotopic (exact) mass is 265 g/mol. The summed E-state index contributed by atoms with van der Waals surface area (Å²) in [7, 11) is 1.93. The first-order valence-corrected chi connectivity index (χ1v) is 6.71. The molecule has 100 valence electrons. The van der Waals surface area contributed by atoms with Crippen molar-refractivity contribution in [3.8, 4) is 11.1 Å². The molecule has 0 aromatic heterocycles. The number of hydrogen-bond donors (Lipinski definition) is 1. The van der Waals surface area contributed by atoms with Crippen LogP contribution in [0.5, 0.6) is 0 Å². The van der Waals surface area contributed by atoms with Gasteiger partial charge in [0.2, 0.25) is 0 Å². The Bertz CT molecular complexity index is 749. The number of rotatable bonds is 3. The maximum absolute atomic E-state index is 13.9. The normalized spacial score (nSPS) is 10.9. The molecule has 0 radical (unpaired) electrons. The largest absolute Gasteiger partial charge is 0.316 e. The average Bonchev–Trinajstić information content (AvgIpc) is 2.49.